The maximum absolute atomic E-state index is 7.27. The van der Waals surface area contributed by atoms with Crippen molar-refractivity contribution in [3.63, 3.8) is 0 Å². The van der Waals surface area contributed by atoms with E-state index in [1.54, 1.807) is 0 Å². The summed E-state index contributed by atoms with van der Waals surface area (Å²) in [6.45, 7) is 5.93. The Morgan fingerprint density at radius 1 is 1.27 bits per heavy atom. The number of nitrogens with zero attached hydrogens (tertiary/aromatic N) is 2. The van der Waals surface area contributed by atoms with Crippen molar-refractivity contribution in [1.82, 2.24) is 9.38 Å². The van der Waals surface area contributed by atoms with Gasteiger partial charge in [0.2, 0.25) is 0 Å². The van der Waals surface area contributed by atoms with Gasteiger partial charge in [0, 0.05) is 18.0 Å². The highest BCUT2D eigenvalue weighted by atomic mass is 15.0. The molecule has 0 bridgehead atoms. The molecule has 0 aliphatic rings. The van der Waals surface area contributed by atoms with E-state index in [0.29, 0.717) is 5.57 Å². The molecule has 0 aliphatic heterocycles. The lowest BCUT2D eigenvalue weighted by atomic mass is 10.1. The van der Waals surface area contributed by atoms with Crippen LogP contribution in [-0.2, 0) is 0 Å². The largest absolute Gasteiger partial charge is 0.333 e. The number of benzene rings is 1. The van der Waals surface area contributed by atoms with Crippen molar-refractivity contribution < 1.29 is 0 Å². The van der Waals surface area contributed by atoms with Gasteiger partial charge >= 0.3 is 0 Å². The summed E-state index contributed by atoms with van der Waals surface area (Å²) in [5.74, 6) is 0. The topological polar surface area (TPSA) is 67.2 Å². The molecule has 0 unspecified atom stereocenters. The molecule has 2 aromatic heterocycles. The SMILES string of the molecule is C=C(C=N)c1ccn2c(-c3cccc(C)c3)cnc2c1.CN. The fraction of sp³-hybridized carbons (Fsp3) is 0.111. The molecule has 22 heavy (non-hydrogen) atoms. The zero-order valence-electron chi connectivity index (χ0n) is 12.9. The number of fused-ring (bicyclic) bond motifs is 1. The van der Waals surface area contributed by atoms with Gasteiger partial charge in [-0.25, -0.2) is 4.98 Å². The van der Waals surface area contributed by atoms with E-state index in [9.17, 15) is 0 Å². The van der Waals surface area contributed by atoms with E-state index in [2.05, 4.69) is 52.9 Å². The number of imidazole rings is 1. The average Bonchev–Trinajstić information content (AvgIpc) is 2.99. The van der Waals surface area contributed by atoms with E-state index < -0.39 is 0 Å². The minimum absolute atomic E-state index is 0.688. The fourth-order valence-corrected chi connectivity index (χ4v) is 2.28. The molecule has 0 saturated heterocycles. The molecule has 0 saturated carbocycles. The van der Waals surface area contributed by atoms with Crippen LogP contribution >= 0.6 is 0 Å². The highest BCUT2D eigenvalue weighted by Gasteiger charge is 2.07. The molecule has 4 heteroatoms. The number of allylic oxidation sites excluding steroid dienone is 1. The van der Waals surface area contributed by atoms with Gasteiger partial charge in [-0.3, -0.25) is 4.40 Å². The fourth-order valence-electron chi connectivity index (χ4n) is 2.28. The summed E-state index contributed by atoms with van der Waals surface area (Å²) < 4.78 is 2.05. The molecule has 0 amide bonds. The van der Waals surface area contributed by atoms with Gasteiger partial charge in [0.25, 0.3) is 0 Å². The number of aryl methyl sites for hydroxylation is 1. The van der Waals surface area contributed by atoms with Crippen molar-refractivity contribution in [3.05, 3.63) is 66.5 Å². The smallest absolute Gasteiger partial charge is 0.137 e. The van der Waals surface area contributed by atoms with Crippen molar-refractivity contribution in [1.29, 1.82) is 5.41 Å². The molecule has 3 aromatic rings. The monoisotopic (exact) mass is 292 g/mol. The lowest BCUT2D eigenvalue weighted by Crippen LogP contribution is -1.91. The van der Waals surface area contributed by atoms with Crippen LogP contribution in [0.3, 0.4) is 0 Å². The van der Waals surface area contributed by atoms with Crippen LogP contribution in [0.25, 0.3) is 22.5 Å². The van der Waals surface area contributed by atoms with E-state index in [1.165, 1.54) is 18.8 Å². The van der Waals surface area contributed by atoms with Crippen molar-refractivity contribution >= 4 is 17.4 Å². The third-order valence-electron chi connectivity index (χ3n) is 3.37. The predicted octanol–water partition coefficient (Wildman–Crippen LogP) is 3.55. The Hall–Kier alpha value is -2.72. The van der Waals surface area contributed by atoms with Gasteiger partial charge in [-0.1, -0.05) is 30.3 Å². The Morgan fingerprint density at radius 3 is 2.73 bits per heavy atom. The Morgan fingerprint density at radius 2 is 2.05 bits per heavy atom. The highest BCUT2D eigenvalue weighted by molar-refractivity contribution is 6.07. The number of hydrogen-bond donors (Lipinski definition) is 2. The molecule has 0 aliphatic carbocycles. The molecular formula is C18H20N4. The molecule has 1 aromatic carbocycles. The summed E-state index contributed by atoms with van der Waals surface area (Å²) in [5.41, 5.74) is 10.4. The lowest BCUT2D eigenvalue weighted by molar-refractivity contribution is 1.18. The molecule has 0 atom stereocenters. The Labute approximate surface area is 130 Å². The normalized spacial score (nSPS) is 9.95. The Balaban J connectivity index is 0.000000847. The van der Waals surface area contributed by atoms with Gasteiger partial charge in [-0.15, -0.1) is 0 Å². The molecular weight excluding hydrogens is 272 g/mol. The zero-order chi connectivity index (χ0) is 16.1. The minimum atomic E-state index is 0.688. The standard InChI is InChI=1S/C17H15N3.CH5N/c1-12-4-3-5-15(8-12)16-11-19-17-9-14(13(2)10-18)6-7-20(16)17;1-2/h3-11,18H,2H2,1H3;2H2,1H3. The van der Waals surface area contributed by atoms with Crippen molar-refractivity contribution in [2.75, 3.05) is 7.05 Å². The highest BCUT2D eigenvalue weighted by Crippen LogP contribution is 2.23. The molecule has 3 N–H and O–H groups in total. The molecule has 0 radical (unpaired) electrons. The molecule has 3 rings (SSSR count). The van der Waals surface area contributed by atoms with Crippen LogP contribution in [0.2, 0.25) is 0 Å². The molecule has 112 valence electrons. The lowest BCUT2D eigenvalue weighted by Gasteiger charge is -2.05. The summed E-state index contributed by atoms with van der Waals surface area (Å²) in [4.78, 5) is 4.45. The van der Waals surface area contributed by atoms with Gasteiger partial charge in [0.1, 0.15) is 5.65 Å². The van der Waals surface area contributed by atoms with Crippen LogP contribution in [0.4, 0.5) is 0 Å². The maximum atomic E-state index is 7.27. The third-order valence-corrected chi connectivity index (χ3v) is 3.37. The van der Waals surface area contributed by atoms with E-state index in [0.717, 1.165) is 22.5 Å². The number of hydrogen-bond acceptors (Lipinski definition) is 3. The van der Waals surface area contributed by atoms with Gasteiger partial charge < -0.3 is 11.1 Å². The summed E-state index contributed by atoms with van der Waals surface area (Å²) in [6, 6.07) is 12.3. The number of nitrogens with one attached hydrogen (secondary N) is 1. The second-order valence-electron chi connectivity index (χ2n) is 4.83. The van der Waals surface area contributed by atoms with Crippen molar-refractivity contribution in [3.8, 4) is 11.3 Å². The molecule has 4 nitrogen and oxygen atoms in total. The molecule has 2 heterocycles. The van der Waals surface area contributed by atoms with Crippen LogP contribution in [-0.4, -0.2) is 22.6 Å². The van der Waals surface area contributed by atoms with Crippen molar-refractivity contribution in [2.45, 2.75) is 6.92 Å². The number of pyridine rings is 1. The quantitative estimate of drug-likeness (QED) is 0.725. The predicted molar refractivity (Wildman–Crippen MR) is 93.3 cm³/mol. The minimum Gasteiger partial charge on any atom is -0.333 e. The zero-order valence-corrected chi connectivity index (χ0v) is 12.9. The Bertz CT molecular complexity index is 815. The summed E-state index contributed by atoms with van der Waals surface area (Å²) >= 11 is 0. The molecule has 0 fully saturated rings. The van der Waals surface area contributed by atoms with Gasteiger partial charge in [0.05, 0.1) is 11.9 Å². The third kappa shape index (κ3) is 2.97. The van der Waals surface area contributed by atoms with Gasteiger partial charge in [-0.05, 0) is 43.3 Å². The van der Waals surface area contributed by atoms with Crippen LogP contribution in [0.15, 0.2) is 55.4 Å². The van der Waals surface area contributed by atoms with Crippen LogP contribution in [0, 0.1) is 12.3 Å². The first-order valence-electron chi connectivity index (χ1n) is 7.00. The first-order chi connectivity index (χ1) is 10.7. The van der Waals surface area contributed by atoms with E-state index in [4.69, 9.17) is 5.41 Å². The Kier molecular flexibility index (Phi) is 4.86. The number of aromatic nitrogens is 2. The number of nitrogens with two attached hydrogens (primary N) is 1. The second-order valence-corrected chi connectivity index (χ2v) is 4.83. The second kappa shape index (κ2) is 6.83. The summed E-state index contributed by atoms with van der Waals surface area (Å²) in [7, 11) is 1.50. The first-order valence-corrected chi connectivity index (χ1v) is 7.00. The molecule has 0 spiro atoms. The summed E-state index contributed by atoms with van der Waals surface area (Å²) in [6.07, 6.45) is 5.11. The van der Waals surface area contributed by atoms with Crippen LogP contribution < -0.4 is 5.73 Å². The number of rotatable bonds is 3. The average molecular weight is 292 g/mol. The van der Waals surface area contributed by atoms with Crippen molar-refractivity contribution in [2.24, 2.45) is 5.73 Å². The van der Waals surface area contributed by atoms with E-state index in [1.807, 2.05) is 24.5 Å². The van der Waals surface area contributed by atoms with E-state index in [-0.39, 0.29) is 0 Å². The van der Waals surface area contributed by atoms with Crippen LogP contribution in [0.1, 0.15) is 11.1 Å². The van der Waals surface area contributed by atoms with E-state index >= 15 is 0 Å². The summed E-state index contributed by atoms with van der Waals surface area (Å²) in [5, 5.41) is 7.27. The first kappa shape index (κ1) is 15.7. The van der Waals surface area contributed by atoms with Gasteiger partial charge in [-0.2, -0.15) is 0 Å². The maximum Gasteiger partial charge on any atom is 0.137 e. The van der Waals surface area contributed by atoms with Crippen LogP contribution in [0.5, 0.6) is 0 Å². The van der Waals surface area contributed by atoms with Gasteiger partial charge in [0.15, 0.2) is 0 Å².